The van der Waals surface area contributed by atoms with Gasteiger partial charge in [0.2, 0.25) is 0 Å². The number of nitrogens with one attached hydrogen (secondary N) is 1. The number of carbonyl (C=O) groups excluding carboxylic acids is 1. The van der Waals surface area contributed by atoms with Crippen molar-refractivity contribution >= 4 is 11.6 Å². The van der Waals surface area contributed by atoms with Gasteiger partial charge in [0.05, 0.1) is 0 Å². The Bertz CT molecular complexity index is 600. The summed E-state index contributed by atoms with van der Waals surface area (Å²) >= 11 is 0. The van der Waals surface area contributed by atoms with Crippen LogP contribution in [-0.4, -0.2) is 11.1 Å². The lowest BCUT2D eigenvalue weighted by molar-refractivity contribution is 0.101. The van der Waals surface area contributed by atoms with E-state index in [1.165, 1.54) is 0 Å². The fraction of sp³-hybridized carbons (Fsp3) is 0.286. The second-order valence-electron chi connectivity index (χ2n) is 4.41. The van der Waals surface area contributed by atoms with Crippen LogP contribution in [0.1, 0.15) is 32.9 Å². The van der Waals surface area contributed by atoms with Gasteiger partial charge in [0, 0.05) is 11.3 Å². The number of aryl methyl sites for hydroxylation is 2. The van der Waals surface area contributed by atoms with E-state index in [4.69, 9.17) is 4.52 Å². The first kappa shape index (κ1) is 12.4. The van der Waals surface area contributed by atoms with E-state index in [2.05, 4.69) is 10.5 Å². The first-order chi connectivity index (χ1) is 8.50. The molecule has 0 saturated heterocycles. The first-order valence-corrected chi connectivity index (χ1v) is 5.81. The van der Waals surface area contributed by atoms with Crippen molar-refractivity contribution in [2.45, 2.75) is 27.7 Å². The molecule has 18 heavy (non-hydrogen) atoms. The molecule has 0 fully saturated rings. The summed E-state index contributed by atoms with van der Waals surface area (Å²) in [6, 6.07) is 5.80. The average Bonchev–Trinajstić information content (AvgIpc) is 2.66. The number of carbonyl (C=O) groups is 1. The van der Waals surface area contributed by atoms with Gasteiger partial charge in [-0.1, -0.05) is 17.3 Å². The topological polar surface area (TPSA) is 55.1 Å². The van der Waals surface area contributed by atoms with E-state index in [1.807, 2.05) is 39.0 Å². The van der Waals surface area contributed by atoms with Crippen LogP contribution in [0.4, 0.5) is 5.69 Å². The van der Waals surface area contributed by atoms with Gasteiger partial charge in [-0.15, -0.1) is 0 Å². The molecule has 0 unspecified atom stereocenters. The van der Waals surface area contributed by atoms with Crippen LogP contribution in [0.3, 0.4) is 0 Å². The minimum atomic E-state index is -0.238. The third-order valence-corrected chi connectivity index (χ3v) is 3.23. The molecule has 2 rings (SSSR count). The van der Waals surface area contributed by atoms with Crippen LogP contribution in [-0.2, 0) is 0 Å². The normalized spacial score (nSPS) is 10.4. The van der Waals surface area contributed by atoms with Crippen LogP contribution in [0.5, 0.6) is 0 Å². The van der Waals surface area contributed by atoms with Crippen molar-refractivity contribution in [2.75, 3.05) is 5.32 Å². The number of hydrogen-bond donors (Lipinski definition) is 1. The summed E-state index contributed by atoms with van der Waals surface area (Å²) in [6.45, 7) is 7.60. The van der Waals surface area contributed by atoms with E-state index in [1.54, 1.807) is 6.92 Å². The Morgan fingerprint density at radius 1 is 1.17 bits per heavy atom. The van der Waals surface area contributed by atoms with Gasteiger partial charge in [0.15, 0.2) is 5.69 Å². The maximum atomic E-state index is 12.1. The van der Waals surface area contributed by atoms with Gasteiger partial charge < -0.3 is 9.84 Å². The van der Waals surface area contributed by atoms with Crippen LogP contribution in [0.15, 0.2) is 22.7 Å². The van der Waals surface area contributed by atoms with Crippen LogP contribution in [0, 0.1) is 27.7 Å². The molecule has 1 aromatic heterocycles. The molecule has 0 aliphatic heterocycles. The highest BCUT2D eigenvalue weighted by molar-refractivity contribution is 6.04. The van der Waals surface area contributed by atoms with Crippen molar-refractivity contribution in [1.82, 2.24) is 5.16 Å². The maximum absolute atomic E-state index is 12.1. The fourth-order valence-electron chi connectivity index (χ4n) is 1.70. The molecule has 0 saturated carbocycles. The van der Waals surface area contributed by atoms with Gasteiger partial charge in [-0.25, -0.2) is 0 Å². The van der Waals surface area contributed by atoms with Gasteiger partial charge in [-0.2, -0.15) is 0 Å². The second-order valence-corrected chi connectivity index (χ2v) is 4.41. The van der Waals surface area contributed by atoms with Gasteiger partial charge in [-0.3, -0.25) is 4.79 Å². The number of hydrogen-bond acceptors (Lipinski definition) is 3. The van der Waals surface area contributed by atoms with Crippen molar-refractivity contribution in [3.05, 3.63) is 46.3 Å². The number of aromatic nitrogens is 1. The molecule has 0 bridgehead atoms. The molecular formula is C14H16N2O2. The van der Waals surface area contributed by atoms with E-state index in [9.17, 15) is 4.79 Å². The smallest absolute Gasteiger partial charge is 0.278 e. The number of nitrogens with zero attached hydrogens (tertiary/aromatic N) is 1. The summed E-state index contributed by atoms with van der Waals surface area (Å²) in [4.78, 5) is 12.1. The van der Waals surface area contributed by atoms with Gasteiger partial charge in [0.1, 0.15) is 5.76 Å². The maximum Gasteiger partial charge on any atom is 0.278 e. The number of benzene rings is 1. The van der Waals surface area contributed by atoms with Crippen LogP contribution >= 0.6 is 0 Å². The summed E-state index contributed by atoms with van der Waals surface area (Å²) < 4.78 is 5.00. The molecule has 94 valence electrons. The molecule has 0 aliphatic rings. The predicted molar refractivity (Wildman–Crippen MR) is 69.8 cm³/mol. The molecule has 1 N–H and O–H groups in total. The number of amides is 1. The second kappa shape index (κ2) is 4.64. The SMILES string of the molecule is Cc1cccc(NC(=O)c2noc(C)c2C)c1C. The van der Waals surface area contributed by atoms with E-state index in [0.717, 1.165) is 22.4 Å². The lowest BCUT2D eigenvalue weighted by Crippen LogP contribution is -2.14. The lowest BCUT2D eigenvalue weighted by Gasteiger charge is -2.09. The van der Waals surface area contributed by atoms with Gasteiger partial charge in [-0.05, 0) is 44.9 Å². The minimum Gasteiger partial charge on any atom is -0.361 e. The Kier molecular flexibility index (Phi) is 3.19. The van der Waals surface area contributed by atoms with E-state index in [0.29, 0.717) is 11.5 Å². The minimum absolute atomic E-state index is 0.238. The highest BCUT2D eigenvalue weighted by atomic mass is 16.5. The van der Waals surface area contributed by atoms with Crippen molar-refractivity contribution in [3.8, 4) is 0 Å². The van der Waals surface area contributed by atoms with Gasteiger partial charge in [0.25, 0.3) is 5.91 Å². The van der Waals surface area contributed by atoms with Crippen LogP contribution < -0.4 is 5.32 Å². The molecule has 1 aromatic carbocycles. The zero-order chi connectivity index (χ0) is 13.3. The van der Waals surface area contributed by atoms with Crippen molar-refractivity contribution in [3.63, 3.8) is 0 Å². The highest BCUT2D eigenvalue weighted by Gasteiger charge is 2.17. The summed E-state index contributed by atoms with van der Waals surface area (Å²) in [5.74, 6) is 0.430. The van der Waals surface area contributed by atoms with Crippen LogP contribution in [0.25, 0.3) is 0 Å². The summed E-state index contributed by atoms with van der Waals surface area (Å²) in [5, 5.41) is 6.64. The first-order valence-electron chi connectivity index (χ1n) is 5.81. The molecule has 1 heterocycles. The molecule has 0 atom stereocenters. The third-order valence-electron chi connectivity index (χ3n) is 3.23. The Labute approximate surface area is 106 Å². The highest BCUT2D eigenvalue weighted by Crippen LogP contribution is 2.20. The Hall–Kier alpha value is -2.10. The zero-order valence-corrected chi connectivity index (χ0v) is 11.0. The predicted octanol–water partition coefficient (Wildman–Crippen LogP) is 3.16. The molecule has 0 radical (unpaired) electrons. The van der Waals surface area contributed by atoms with Crippen molar-refractivity contribution in [1.29, 1.82) is 0 Å². The van der Waals surface area contributed by atoms with E-state index >= 15 is 0 Å². The Balaban J connectivity index is 2.27. The monoisotopic (exact) mass is 244 g/mol. The molecular weight excluding hydrogens is 228 g/mol. The molecule has 2 aromatic rings. The number of rotatable bonds is 2. The number of anilines is 1. The molecule has 0 aliphatic carbocycles. The summed E-state index contributed by atoms with van der Waals surface area (Å²) in [6.07, 6.45) is 0. The molecule has 4 heteroatoms. The standard InChI is InChI=1S/C14H16N2O2/c1-8-6-5-7-12(9(8)2)15-14(17)13-10(3)11(4)18-16-13/h5-7H,1-4H3,(H,15,17). The Morgan fingerprint density at radius 3 is 2.50 bits per heavy atom. The van der Waals surface area contributed by atoms with E-state index in [-0.39, 0.29) is 5.91 Å². The van der Waals surface area contributed by atoms with Gasteiger partial charge >= 0.3 is 0 Å². The van der Waals surface area contributed by atoms with E-state index < -0.39 is 0 Å². The summed E-state index contributed by atoms with van der Waals surface area (Å²) in [5.41, 5.74) is 4.12. The molecule has 4 nitrogen and oxygen atoms in total. The Morgan fingerprint density at radius 2 is 1.89 bits per heavy atom. The summed E-state index contributed by atoms with van der Waals surface area (Å²) in [7, 11) is 0. The average molecular weight is 244 g/mol. The molecule has 1 amide bonds. The third kappa shape index (κ3) is 2.14. The van der Waals surface area contributed by atoms with Crippen molar-refractivity contribution < 1.29 is 9.32 Å². The fourth-order valence-corrected chi connectivity index (χ4v) is 1.70. The zero-order valence-electron chi connectivity index (χ0n) is 11.0. The van der Waals surface area contributed by atoms with Crippen LogP contribution in [0.2, 0.25) is 0 Å². The quantitative estimate of drug-likeness (QED) is 0.882. The lowest BCUT2D eigenvalue weighted by atomic mass is 10.1. The largest absolute Gasteiger partial charge is 0.361 e. The van der Waals surface area contributed by atoms with Crippen molar-refractivity contribution in [2.24, 2.45) is 0 Å². The molecule has 0 spiro atoms.